The lowest BCUT2D eigenvalue weighted by Crippen LogP contribution is -2.42. The second-order valence-electron chi connectivity index (χ2n) is 5.39. The van der Waals surface area contributed by atoms with Crippen LogP contribution in [0.5, 0.6) is 5.75 Å². The minimum Gasteiger partial charge on any atom is -0.497 e. The van der Waals surface area contributed by atoms with E-state index in [2.05, 4.69) is 0 Å². The first-order valence-electron chi connectivity index (χ1n) is 7.48. The van der Waals surface area contributed by atoms with Crippen molar-refractivity contribution in [1.82, 2.24) is 4.90 Å². The van der Waals surface area contributed by atoms with Gasteiger partial charge in [0, 0.05) is 17.1 Å². The summed E-state index contributed by atoms with van der Waals surface area (Å²) < 4.78 is 11.0. The van der Waals surface area contributed by atoms with Gasteiger partial charge < -0.3 is 14.4 Å². The van der Waals surface area contributed by atoms with E-state index in [-0.39, 0.29) is 12.0 Å². The largest absolute Gasteiger partial charge is 0.497 e. The Bertz CT molecular complexity index is 687. The Morgan fingerprint density at radius 1 is 1.26 bits per heavy atom. The summed E-state index contributed by atoms with van der Waals surface area (Å²) in [6.45, 7) is 1.62. The van der Waals surface area contributed by atoms with Crippen molar-refractivity contribution in [3.63, 3.8) is 0 Å². The summed E-state index contributed by atoms with van der Waals surface area (Å²) in [6, 6.07) is 14.8. The van der Waals surface area contributed by atoms with Crippen LogP contribution in [-0.4, -0.2) is 37.6 Å². The molecule has 1 atom stereocenters. The number of morpholine rings is 1. The third-order valence-electron chi connectivity index (χ3n) is 3.91. The number of nitrogens with zero attached hydrogens (tertiary/aromatic N) is 1. The number of carbonyl (C=O) groups excluding carboxylic acids is 1. The summed E-state index contributed by atoms with van der Waals surface area (Å²) in [7, 11) is 1.64. The van der Waals surface area contributed by atoms with E-state index in [0.717, 1.165) is 11.3 Å². The quantitative estimate of drug-likeness (QED) is 0.863. The first-order chi connectivity index (χ1) is 11.2. The van der Waals surface area contributed by atoms with Gasteiger partial charge in [0.25, 0.3) is 5.91 Å². The molecule has 1 amide bonds. The van der Waals surface area contributed by atoms with E-state index in [0.29, 0.717) is 30.3 Å². The standard InChI is InChI=1S/C18H18ClNO3/c1-22-16-7-5-13(6-8-16)17-12-20(9-10-23-17)18(21)14-3-2-4-15(19)11-14/h2-8,11,17H,9-10,12H2,1H3. The second kappa shape index (κ2) is 7.02. The van der Waals surface area contributed by atoms with E-state index < -0.39 is 0 Å². The summed E-state index contributed by atoms with van der Waals surface area (Å²) in [5.41, 5.74) is 1.64. The molecule has 1 aliphatic rings. The molecule has 0 spiro atoms. The molecule has 0 saturated carbocycles. The van der Waals surface area contributed by atoms with E-state index in [1.54, 1.807) is 31.4 Å². The summed E-state index contributed by atoms with van der Waals surface area (Å²) >= 11 is 5.97. The average molecular weight is 332 g/mol. The highest BCUT2D eigenvalue weighted by atomic mass is 35.5. The SMILES string of the molecule is COc1ccc(C2CN(C(=O)c3cccc(Cl)c3)CCO2)cc1. The van der Waals surface area contributed by atoms with Gasteiger partial charge in [0.2, 0.25) is 0 Å². The first-order valence-corrected chi connectivity index (χ1v) is 7.85. The Morgan fingerprint density at radius 2 is 2.04 bits per heavy atom. The third kappa shape index (κ3) is 3.66. The maximum absolute atomic E-state index is 12.6. The van der Waals surface area contributed by atoms with Crippen LogP contribution in [-0.2, 0) is 4.74 Å². The van der Waals surface area contributed by atoms with Gasteiger partial charge in [0.15, 0.2) is 0 Å². The van der Waals surface area contributed by atoms with Crippen molar-refractivity contribution in [3.05, 3.63) is 64.7 Å². The molecule has 0 aliphatic carbocycles. The predicted octanol–water partition coefficient (Wildman–Crippen LogP) is 3.56. The first kappa shape index (κ1) is 15.8. The Hall–Kier alpha value is -2.04. The summed E-state index contributed by atoms with van der Waals surface area (Å²) in [6.07, 6.45) is -0.127. The van der Waals surface area contributed by atoms with Crippen LogP contribution in [0.15, 0.2) is 48.5 Å². The van der Waals surface area contributed by atoms with Gasteiger partial charge in [-0.1, -0.05) is 29.8 Å². The molecular weight excluding hydrogens is 314 g/mol. The molecular formula is C18H18ClNO3. The minimum absolute atomic E-state index is 0.0192. The summed E-state index contributed by atoms with van der Waals surface area (Å²) in [5, 5.41) is 0.566. The number of hydrogen-bond acceptors (Lipinski definition) is 3. The number of methoxy groups -OCH3 is 1. The maximum Gasteiger partial charge on any atom is 0.254 e. The van der Waals surface area contributed by atoms with Crippen LogP contribution in [0.25, 0.3) is 0 Å². The molecule has 1 saturated heterocycles. The molecule has 1 heterocycles. The maximum atomic E-state index is 12.6. The Balaban J connectivity index is 1.73. The van der Waals surface area contributed by atoms with E-state index >= 15 is 0 Å². The van der Waals surface area contributed by atoms with Crippen LogP contribution in [0.2, 0.25) is 5.02 Å². The van der Waals surface area contributed by atoms with Crippen LogP contribution in [0, 0.1) is 0 Å². The van der Waals surface area contributed by atoms with Gasteiger partial charge in [-0.15, -0.1) is 0 Å². The van der Waals surface area contributed by atoms with Crippen molar-refractivity contribution in [3.8, 4) is 5.75 Å². The third-order valence-corrected chi connectivity index (χ3v) is 4.15. The zero-order valence-electron chi connectivity index (χ0n) is 12.9. The van der Waals surface area contributed by atoms with Crippen molar-refractivity contribution in [2.45, 2.75) is 6.10 Å². The lowest BCUT2D eigenvalue weighted by molar-refractivity contribution is -0.0228. The van der Waals surface area contributed by atoms with Gasteiger partial charge in [-0.05, 0) is 35.9 Å². The van der Waals surface area contributed by atoms with Gasteiger partial charge in [-0.25, -0.2) is 0 Å². The van der Waals surface area contributed by atoms with Crippen LogP contribution in [0.3, 0.4) is 0 Å². The molecule has 120 valence electrons. The Kier molecular flexibility index (Phi) is 4.84. The molecule has 1 fully saturated rings. The van der Waals surface area contributed by atoms with Crippen molar-refractivity contribution in [1.29, 1.82) is 0 Å². The van der Waals surface area contributed by atoms with Crippen LogP contribution < -0.4 is 4.74 Å². The molecule has 2 aromatic carbocycles. The van der Waals surface area contributed by atoms with E-state index in [4.69, 9.17) is 21.1 Å². The highest BCUT2D eigenvalue weighted by Gasteiger charge is 2.26. The molecule has 2 aromatic rings. The number of ether oxygens (including phenoxy) is 2. The smallest absolute Gasteiger partial charge is 0.254 e. The zero-order chi connectivity index (χ0) is 16.2. The molecule has 0 bridgehead atoms. The Labute approximate surface area is 140 Å². The van der Waals surface area contributed by atoms with Crippen LogP contribution in [0.1, 0.15) is 22.0 Å². The molecule has 0 radical (unpaired) electrons. The van der Waals surface area contributed by atoms with E-state index in [1.165, 1.54) is 0 Å². The predicted molar refractivity (Wildman–Crippen MR) is 89.0 cm³/mol. The van der Waals surface area contributed by atoms with Crippen molar-refractivity contribution >= 4 is 17.5 Å². The van der Waals surface area contributed by atoms with Crippen LogP contribution in [0.4, 0.5) is 0 Å². The molecule has 1 aliphatic heterocycles. The monoisotopic (exact) mass is 331 g/mol. The summed E-state index contributed by atoms with van der Waals surface area (Å²) in [5.74, 6) is 0.783. The fourth-order valence-electron chi connectivity index (χ4n) is 2.66. The number of hydrogen-bond donors (Lipinski definition) is 0. The lowest BCUT2D eigenvalue weighted by Gasteiger charge is -2.33. The normalized spacial score (nSPS) is 17.8. The minimum atomic E-state index is -0.127. The van der Waals surface area contributed by atoms with Gasteiger partial charge in [0.1, 0.15) is 11.9 Å². The molecule has 0 aromatic heterocycles. The van der Waals surface area contributed by atoms with Crippen LogP contribution >= 0.6 is 11.6 Å². The molecule has 0 N–H and O–H groups in total. The topological polar surface area (TPSA) is 38.8 Å². The molecule has 23 heavy (non-hydrogen) atoms. The number of halogens is 1. The lowest BCUT2D eigenvalue weighted by atomic mass is 10.1. The molecule has 1 unspecified atom stereocenters. The average Bonchev–Trinajstić information content (AvgIpc) is 2.61. The highest BCUT2D eigenvalue weighted by Crippen LogP contribution is 2.25. The number of carbonyl (C=O) groups is 1. The number of amides is 1. The second-order valence-corrected chi connectivity index (χ2v) is 5.83. The number of benzene rings is 2. The van der Waals surface area contributed by atoms with E-state index in [9.17, 15) is 4.79 Å². The summed E-state index contributed by atoms with van der Waals surface area (Å²) in [4.78, 5) is 14.4. The highest BCUT2D eigenvalue weighted by molar-refractivity contribution is 6.30. The van der Waals surface area contributed by atoms with Crippen molar-refractivity contribution in [2.24, 2.45) is 0 Å². The molecule has 3 rings (SSSR count). The van der Waals surface area contributed by atoms with Crippen molar-refractivity contribution in [2.75, 3.05) is 26.8 Å². The van der Waals surface area contributed by atoms with Gasteiger partial charge in [0.05, 0.1) is 20.3 Å². The number of rotatable bonds is 3. The molecule has 4 nitrogen and oxygen atoms in total. The Morgan fingerprint density at radius 3 is 2.74 bits per heavy atom. The van der Waals surface area contributed by atoms with Gasteiger partial charge >= 0.3 is 0 Å². The van der Waals surface area contributed by atoms with E-state index in [1.807, 2.05) is 29.2 Å². The fraction of sp³-hybridized carbons (Fsp3) is 0.278. The fourth-order valence-corrected chi connectivity index (χ4v) is 2.85. The van der Waals surface area contributed by atoms with Gasteiger partial charge in [-0.3, -0.25) is 4.79 Å². The zero-order valence-corrected chi connectivity index (χ0v) is 13.6. The molecule has 5 heteroatoms. The van der Waals surface area contributed by atoms with Gasteiger partial charge in [-0.2, -0.15) is 0 Å². The van der Waals surface area contributed by atoms with Crippen molar-refractivity contribution < 1.29 is 14.3 Å².